The van der Waals surface area contributed by atoms with Crippen molar-refractivity contribution in [2.24, 2.45) is 0 Å². The molecule has 0 unspecified atom stereocenters. The molecule has 7 heteroatoms. The summed E-state index contributed by atoms with van der Waals surface area (Å²) >= 11 is 7.11. The Morgan fingerprint density at radius 2 is 1.77 bits per heavy atom. The zero-order valence-electron chi connectivity index (χ0n) is 16.7. The van der Waals surface area contributed by atoms with Crippen molar-refractivity contribution in [3.05, 3.63) is 75.9 Å². The number of nitrogens with one attached hydrogen (secondary N) is 2. The van der Waals surface area contributed by atoms with E-state index < -0.39 is 0 Å². The normalized spacial score (nSPS) is 12.7. The third kappa shape index (κ3) is 4.68. The van der Waals surface area contributed by atoms with Gasteiger partial charge in [0, 0.05) is 23.0 Å². The number of esters is 1. The molecule has 154 valence electrons. The molecule has 3 aromatic rings. The van der Waals surface area contributed by atoms with Gasteiger partial charge in [-0.15, -0.1) is 11.3 Å². The van der Waals surface area contributed by atoms with Crippen LogP contribution in [0.1, 0.15) is 44.8 Å². The molecule has 0 saturated carbocycles. The largest absolute Gasteiger partial charge is 0.465 e. The van der Waals surface area contributed by atoms with Crippen LogP contribution in [0.4, 0.5) is 10.7 Å². The van der Waals surface area contributed by atoms with Gasteiger partial charge in [-0.3, -0.25) is 4.98 Å². The lowest BCUT2D eigenvalue weighted by Crippen LogP contribution is -2.20. The summed E-state index contributed by atoms with van der Waals surface area (Å²) in [6.07, 6.45) is 8.64. The van der Waals surface area contributed by atoms with Crippen molar-refractivity contribution < 1.29 is 9.53 Å². The fourth-order valence-electron chi connectivity index (χ4n) is 3.68. The second kappa shape index (κ2) is 9.36. The number of aryl methyl sites for hydroxylation is 1. The topological polar surface area (TPSA) is 63.2 Å². The van der Waals surface area contributed by atoms with Crippen molar-refractivity contribution in [1.82, 2.24) is 4.98 Å². The Bertz CT molecular complexity index is 1050. The summed E-state index contributed by atoms with van der Waals surface area (Å²) in [4.78, 5) is 17.7. The van der Waals surface area contributed by atoms with Crippen molar-refractivity contribution in [3.8, 4) is 0 Å². The lowest BCUT2D eigenvalue weighted by Gasteiger charge is -2.13. The highest BCUT2D eigenvalue weighted by molar-refractivity contribution is 7.80. The molecule has 2 aromatic heterocycles. The quantitative estimate of drug-likeness (QED) is 0.422. The van der Waals surface area contributed by atoms with Gasteiger partial charge < -0.3 is 15.4 Å². The fraction of sp³-hybridized carbons (Fsp3) is 0.261. The van der Waals surface area contributed by atoms with Gasteiger partial charge in [-0.2, -0.15) is 0 Å². The van der Waals surface area contributed by atoms with Crippen molar-refractivity contribution in [1.29, 1.82) is 0 Å². The third-order valence-electron chi connectivity index (χ3n) is 5.16. The molecule has 2 heterocycles. The maximum absolute atomic E-state index is 12.4. The molecular formula is C23H23N3O2S2. The van der Waals surface area contributed by atoms with E-state index in [1.165, 1.54) is 23.1 Å². The molecule has 0 spiro atoms. The van der Waals surface area contributed by atoms with Crippen molar-refractivity contribution in [3.63, 3.8) is 0 Å². The number of hydrogen-bond acceptors (Lipinski definition) is 5. The number of aromatic nitrogens is 1. The lowest BCUT2D eigenvalue weighted by molar-refractivity contribution is 0.0601. The Morgan fingerprint density at radius 3 is 2.50 bits per heavy atom. The number of anilines is 2. The van der Waals surface area contributed by atoms with E-state index in [1.807, 2.05) is 24.3 Å². The van der Waals surface area contributed by atoms with Crippen LogP contribution in [0.2, 0.25) is 0 Å². The molecule has 1 aromatic carbocycles. The summed E-state index contributed by atoms with van der Waals surface area (Å²) in [6.45, 7) is 0. The van der Waals surface area contributed by atoms with E-state index in [2.05, 4.69) is 27.8 Å². The molecule has 1 aliphatic carbocycles. The Kier molecular flexibility index (Phi) is 6.40. The first kappa shape index (κ1) is 20.5. The molecule has 30 heavy (non-hydrogen) atoms. The van der Waals surface area contributed by atoms with Crippen LogP contribution >= 0.6 is 23.6 Å². The fourth-order valence-corrected chi connectivity index (χ4v) is 5.25. The maximum Gasteiger partial charge on any atom is 0.341 e. The van der Waals surface area contributed by atoms with E-state index in [0.717, 1.165) is 48.4 Å². The first-order valence-electron chi connectivity index (χ1n) is 9.92. The molecule has 0 bridgehead atoms. The van der Waals surface area contributed by atoms with Gasteiger partial charge in [0.1, 0.15) is 5.00 Å². The summed E-state index contributed by atoms with van der Waals surface area (Å²) in [7, 11) is 1.42. The number of ether oxygens (including phenoxy) is 1. The molecule has 4 rings (SSSR count). The van der Waals surface area contributed by atoms with Crippen molar-refractivity contribution >= 4 is 45.3 Å². The molecule has 0 aliphatic heterocycles. The molecule has 0 fully saturated rings. The SMILES string of the molecule is COC(=O)c1c(NC(=S)Nc2ccc(Cc3ccncc3)cc2)sc2c1CCCC2. The van der Waals surface area contributed by atoms with Gasteiger partial charge in [0.05, 0.1) is 12.7 Å². The first-order chi connectivity index (χ1) is 14.6. The molecule has 0 atom stereocenters. The predicted molar refractivity (Wildman–Crippen MR) is 126 cm³/mol. The highest BCUT2D eigenvalue weighted by Crippen LogP contribution is 2.38. The number of carbonyl (C=O) groups excluding carboxylic acids is 1. The van der Waals surface area contributed by atoms with Crippen LogP contribution in [-0.4, -0.2) is 23.2 Å². The smallest absolute Gasteiger partial charge is 0.341 e. The first-order valence-corrected chi connectivity index (χ1v) is 11.1. The van der Waals surface area contributed by atoms with Crippen LogP contribution < -0.4 is 10.6 Å². The zero-order valence-corrected chi connectivity index (χ0v) is 18.4. The van der Waals surface area contributed by atoms with Gasteiger partial charge in [0.2, 0.25) is 0 Å². The predicted octanol–water partition coefficient (Wildman–Crippen LogP) is 5.21. The van der Waals surface area contributed by atoms with Gasteiger partial charge in [-0.25, -0.2) is 4.79 Å². The van der Waals surface area contributed by atoms with Gasteiger partial charge in [0.25, 0.3) is 0 Å². The Hall–Kier alpha value is -2.77. The summed E-state index contributed by atoms with van der Waals surface area (Å²) in [5, 5.41) is 7.65. The monoisotopic (exact) mass is 437 g/mol. The minimum atomic E-state index is -0.305. The number of fused-ring (bicyclic) bond motifs is 1. The maximum atomic E-state index is 12.4. The molecule has 5 nitrogen and oxygen atoms in total. The van der Waals surface area contributed by atoms with Crippen molar-refractivity contribution in [2.75, 3.05) is 17.7 Å². The summed E-state index contributed by atoms with van der Waals surface area (Å²) in [5.74, 6) is -0.305. The third-order valence-corrected chi connectivity index (χ3v) is 6.57. The van der Waals surface area contributed by atoms with Crippen LogP contribution in [0.15, 0.2) is 48.8 Å². The second-order valence-corrected chi connectivity index (χ2v) is 8.73. The van der Waals surface area contributed by atoms with E-state index in [-0.39, 0.29) is 5.97 Å². The number of methoxy groups -OCH3 is 1. The Balaban J connectivity index is 1.44. The van der Waals surface area contributed by atoms with Gasteiger partial charge in [-0.1, -0.05) is 12.1 Å². The van der Waals surface area contributed by atoms with Crippen LogP contribution in [0, 0.1) is 0 Å². The second-order valence-electron chi connectivity index (χ2n) is 7.21. The molecule has 1 aliphatic rings. The van der Waals surface area contributed by atoms with Gasteiger partial charge in [-0.05, 0) is 85.3 Å². The Morgan fingerprint density at radius 1 is 1.07 bits per heavy atom. The van der Waals surface area contributed by atoms with E-state index in [1.54, 1.807) is 23.7 Å². The number of thiophene rings is 1. The van der Waals surface area contributed by atoms with Crippen LogP contribution in [0.25, 0.3) is 0 Å². The standard InChI is InChI=1S/C23H23N3O2S2/c1-28-22(27)20-18-4-2-3-5-19(18)30-21(20)26-23(29)25-17-8-6-15(7-9-17)14-16-10-12-24-13-11-16/h6-13H,2-5,14H2,1H3,(H2,25,26,29). The van der Waals surface area contributed by atoms with Gasteiger partial charge >= 0.3 is 5.97 Å². The molecule has 2 N–H and O–H groups in total. The van der Waals surface area contributed by atoms with Crippen molar-refractivity contribution in [2.45, 2.75) is 32.1 Å². The van der Waals surface area contributed by atoms with E-state index in [0.29, 0.717) is 10.7 Å². The number of pyridine rings is 1. The van der Waals surface area contributed by atoms with E-state index >= 15 is 0 Å². The summed E-state index contributed by atoms with van der Waals surface area (Å²) < 4.78 is 5.02. The lowest BCUT2D eigenvalue weighted by atomic mass is 9.95. The highest BCUT2D eigenvalue weighted by Gasteiger charge is 2.26. The van der Waals surface area contributed by atoms with Crippen LogP contribution in [0.5, 0.6) is 0 Å². The highest BCUT2D eigenvalue weighted by atomic mass is 32.1. The number of nitrogens with zero attached hydrogens (tertiary/aromatic N) is 1. The van der Waals surface area contributed by atoms with Gasteiger partial charge in [0.15, 0.2) is 5.11 Å². The minimum absolute atomic E-state index is 0.305. The zero-order chi connectivity index (χ0) is 20.9. The number of hydrogen-bond donors (Lipinski definition) is 2. The minimum Gasteiger partial charge on any atom is -0.465 e. The average molecular weight is 438 g/mol. The van der Waals surface area contributed by atoms with E-state index in [4.69, 9.17) is 17.0 Å². The molecule has 0 radical (unpaired) electrons. The average Bonchev–Trinajstić information content (AvgIpc) is 3.13. The molecule has 0 saturated heterocycles. The summed E-state index contributed by atoms with van der Waals surface area (Å²) in [5.41, 5.74) is 5.08. The number of thiocarbonyl (C=S) groups is 1. The Labute approximate surface area is 185 Å². The van der Waals surface area contributed by atoms with Crippen LogP contribution in [0.3, 0.4) is 0 Å². The number of carbonyl (C=O) groups is 1. The van der Waals surface area contributed by atoms with Crippen LogP contribution in [-0.2, 0) is 24.0 Å². The molecule has 0 amide bonds. The summed E-state index contributed by atoms with van der Waals surface area (Å²) in [6, 6.07) is 12.2. The number of benzene rings is 1. The molecular weight excluding hydrogens is 414 g/mol. The van der Waals surface area contributed by atoms with E-state index in [9.17, 15) is 4.79 Å². The number of rotatable bonds is 5.